The zero-order chi connectivity index (χ0) is 27.8. The Balaban J connectivity index is 1.48. The molecule has 3 aromatic heterocycles. The quantitative estimate of drug-likeness (QED) is 0.272. The number of aryl methyl sites for hydroxylation is 1. The molecule has 0 fully saturated rings. The lowest BCUT2D eigenvalue weighted by atomic mass is 9.91. The third-order valence-electron chi connectivity index (χ3n) is 7.14. The lowest BCUT2D eigenvalue weighted by molar-refractivity contribution is -0.136. The Kier molecular flexibility index (Phi) is 6.47. The summed E-state index contributed by atoms with van der Waals surface area (Å²) in [5, 5.41) is 15.4. The first kappa shape index (κ1) is 25.2. The van der Waals surface area contributed by atoms with Gasteiger partial charge in [-0.2, -0.15) is 0 Å². The van der Waals surface area contributed by atoms with Crippen molar-refractivity contribution in [2.75, 3.05) is 6.61 Å². The number of pyridine rings is 2. The molecule has 1 aliphatic rings. The van der Waals surface area contributed by atoms with Crippen LogP contribution in [0.25, 0.3) is 27.5 Å². The van der Waals surface area contributed by atoms with Gasteiger partial charge in [0.15, 0.2) is 5.82 Å². The maximum absolute atomic E-state index is 13.3. The van der Waals surface area contributed by atoms with Crippen molar-refractivity contribution in [3.63, 3.8) is 0 Å². The molecule has 0 radical (unpaired) electrons. The van der Waals surface area contributed by atoms with Gasteiger partial charge >= 0.3 is 5.97 Å². The number of ether oxygens (including phenoxy) is 1. The van der Waals surface area contributed by atoms with E-state index in [0.717, 1.165) is 56.5 Å². The highest BCUT2D eigenvalue weighted by Crippen LogP contribution is 2.41. The van der Waals surface area contributed by atoms with Gasteiger partial charge < -0.3 is 15.6 Å². The monoisotopic (exact) mass is 535 g/mol. The number of rotatable bonds is 7. The minimum absolute atomic E-state index is 0.154. The van der Waals surface area contributed by atoms with E-state index in [2.05, 4.69) is 10.1 Å². The van der Waals surface area contributed by atoms with Gasteiger partial charge in [-0.15, -0.1) is 5.10 Å². The lowest BCUT2D eigenvalue weighted by Crippen LogP contribution is -2.10. The second-order valence-electron chi connectivity index (χ2n) is 9.77. The van der Waals surface area contributed by atoms with Crippen LogP contribution in [0.2, 0.25) is 0 Å². The van der Waals surface area contributed by atoms with E-state index >= 15 is 0 Å². The van der Waals surface area contributed by atoms with Crippen LogP contribution >= 0.6 is 0 Å². The van der Waals surface area contributed by atoms with E-state index in [4.69, 9.17) is 15.5 Å². The van der Waals surface area contributed by atoms with Crippen LogP contribution in [0.4, 0.5) is 10.2 Å². The van der Waals surface area contributed by atoms with Gasteiger partial charge in [0.1, 0.15) is 11.6 Å². The fourth-order valence-corrected chi connectivity index (χ4v) is 5.26. The van der Waals surface area contributed by atoms with Gasteiger partial charge in [0.25, 0.3) is 0 Å². The molecule has 0 amide bonds. The van der Waals surface area contributed by atoms with Crippen LogP contribution in [-0.2, 0) is 24.1 Å². The second kappa shape index (κ2) is 10.3. The zero-order valence-corrected chi connectivity index (χ0v) is 21.8. The lowest BCUT2D eigenvalue weighted by Gasteiger charge is -2.21. The second-order valence-corrected chi connectivity index (χ2v) is 9.77. The van der Waals surface area contributed by atoms with Gasteiger partial charge in [0.2, 0.25) is 0 Å². The van der Waals surface area contributed by atoms with Crippen LogP contribution in [0.15, 0.2) is 77.7 Å². The Morgan fingerprint density at radius 1 is 1.20 bits per heavy atom. The molecular formula is C31H26FN5O3. The first-order valence-corrected chi connectivity index (χ1v) is 12.9. The number of fused-ring (bicyclic) bond motifs is 1. The van der Waals surface area contributed by atoms with Crippen LogP contribution in [0.5, 0.6) is 5.75 Å². The summed E-state index contributed by atoms with van der Waals surface area (Å²) in [7, 11) is 0. The molecule has 4 heterocycles. The molecule has 0 aliphatic carbocycles. The molecule has 200 valence electrons. The van der Waals surface area contributed by atoms with Crippen molar-refractivity contribution >= 4 is 34.4 Å². The van der Waals surface area contributed by atoms with Crippen molar-refractivity contribution < 1.29 is 19.0 Å². The number of aliphatic carboxylic acids is 1. The summed E-state index contributed by atoms with van der Waals surface area (Å²) >= 11 is 0. The normalized spacial score (nSPS) is 13.3. The number of aromatic nitrogens is 3. The standard InChI is InChI=1S/C31H26FN5O3/c1-18-17-37-25(14-27(36-37)35-16-20(15-33)12-19-2-4-22(32)5-3-19)30(24(18)13-28(38)39)23-6-7-26-29-21(9-11-40-26)8-10-34-31(23)29/h2-8,10,14-17H,9,11-13,33H2,1H3,(H,38,39). The van der Waals surface area contributed by atoms with Crippen molar-refractivity contribution in [1.29, 1.82) is 0 Å². The maximum atomic E-state index is 13.3. The summed E-state index contributed by atoms with van der Waals surface area (Å²) in [4.78, 5) is 21.2. The summed E-state index contributed by atoms with van der Waals surface area (Å²) in [6, 6.07) is 13.9. The number of hydrogen-bond acceptors (Lipinski definition) is 6. The van der Waals surface area contributed by atoms with E-state index in [1.165, 1.54) is 18.3 Å². The average Bonchev–Trinajstić information content (AvgIpc) is 3.35. The molecule has 2 aromatic carbocycles. The van der Waals surface area contributed by atoms with E-state index in [0.29, 0.717) is 29.9 Å². The Hall–Kier alpha value is -5.05. The SMILES string of the molecule is Cc1cn2nc(N=CC(=CN)Cc3ccc(F)cc3)cc2c(-c2ccc3c4c(ccnc24)CCO3)c1CC(=O)O. The number of halogens is 1. The summed E-state index contributed by atoms with van der Waals surface area (Å²) in [5.41, 5.74) is 13.1. The van der Waals surface area contributed by atoms with Crippen molar-refractivity contribution in [1.82, 2.24) is 14.6 Å². The predicted molar refractivity (Wildman–Crippen MR) is 152 cm³/mol. The van der Waals surface area contributed by atoms with Crippen molar-refractivity contribution in [2.45, 2.75) is 26.2 Å². The molecular weight excluding hydrogens is 509 g/mol. The highest BCUT2D eigenvalue weighted by atomic mass is 19.1. The van der Waals surface area contributed by atoms with Crippen LogP contribution in [-0.4, -0.2) is 38.5 Å². The van der Waals surface area contributed by atoms with E-state index in [1.807, 2.05) is 37.4 Å². The summed E-state index contributed by atoms with van der Waals surface area (Å²) in [6.07, 6.45) is 7.81. The number of aliphatic imine (C=N–C) groups is 1. The molecule has 1 aliphatic heterocycles. The third-order valence-corrected chi connectivity index (χ3v) is 7.14. The van der Waals surface area contributed by atoms with E-state index in [9.17, 15) is 14.3 Å². The maximum Gasteiger partial charge on any atom is 0.307 e. The molecule has 0 atom stereocenters. The van der Waals surface area contributed by atoms with Gasteiger partial charge in [-0.3, -0.25) is 9.78 Å². The molecule has 0 unspecified atom stereocenters. The minimum Gasteiger partial charge on any atom is -0.493 e. The molecule has 5 aromatic rings. The average molecular weight is 536 g/mol. The highest BCUT2D eigenvalue weighted by Gasteiger charge is 2.23. The summed E-state index contributed by atoms with van der Waals surface area (Å²) in [5.74, 6) is -0.0143. The molecule has 8 nitrogen and oxygen atoms in total. The van der Waals surface area contributed by atoms with E-state index in [-0.39, 0.29) is 12.2 Å². The van der Waals surface area contributed by atoms with Crippen LogP contribution in [0.3, 0.4) is 0 Å². The summed E-state index contributed by atoms with van der Waals surface area (Å²) in [6.45, 7) is 2.49. The Morgan fingerprint density at radius 3 is 2.80 bits per heavy atom. The highest BCUT2D eigenvalue weighted by molar-refractivity contribution is 6.04. The fourth-order valence-electron chi connectivity index (χ4n) is 5.26. The van der Waals surface area contributed by atoms with Gasteiger partial charge in [-0.05, 0) is 71.3 Å². The van der Waals surface area contributed by atoms with Crippen molar-refractivity contribution in [2.24, 2.45) is 10.7 Å². The molecule has 0 spiro atoms. The summed E-state index contributed by atoms with van der Waals surface area (Å²) < 4.78 is 20.9. The zero-order valence-electron chi connectivity index (χ0n) is 21.8. The fraction of sp³-hybridized carbons (Fsp3) is 0.161. The number of nitrogens with two attached hydrogens (primary N) is 1. The van der Waals surface area contributed by atoms with Gasteiger partial charge in [0, 0.05) is 54.0 Å². The van der Waals surface area contributed by atoms with Gasteiger partial charge in [0.05, 0.1) is 24.1 Å². The number of carbonyl (C=O) groups is 1. The first-order valence-electron chi connectivity index (χ1n) is 12.9. The van der Waals surface area contributed by atoms with E-state index in [1.54, 1.807) is 29.1 Å². The number of benzene rings is 2. The molecule has 0 saturated heterocycles. The van der Waals surface area contributed by atoms with Crippen molar-refractivity contribution in [3.8, 4) is 16.9 Å². The Bertz CT molecular complexity index is 1830. The number of allylic oxidation sites excluding steroid dienone is 1. The smallest absolute Gasteiger partial charge is 0.307 e. The van der Waals surface area contributed by atoms with Crippen LogP contribution in [0.1, 0.15) is 22.3 Å². The van der Waals surface area contributed by atoms with Crippen molar-refractivity contribution in [3.05, 3.63) is 101 Å². The van der Waals surface area contributed by atoms with Gasteiger partial charge in [-0.25, -0.2) is 13.9 Å². The number of nitrogens with zero attached hydrogens (tertiary/aromatic N) is 4. The number of hydrogen-bond donors (Lipinski definition) is 2. The number of carboxylic acids is 1. The van der Waals surface area contributed by atoms with E-state index < -0.39 is 5.97 Å². The Labute approximate surface area is 229 Å². The molecule has 3 N–H and O–H groups in total. The first-order chi connectivity index (χ1) is 19.4. The van der Waals surface area contributed by atoms with Crippen LogP contribution < -0.4 is 10.5 Å². The molecule has 0 saturated carbocycles. The third kappa shape index (κ3) is 4.66. The van der Waals surface area contributed by atoms with Crippen LogP contribution in [0, 0.1) is 12.7 Å². The van der Waals surface area contributed by atoms with Gasteiger partial charge in [-0.1, -0.05) is 12.1 Å². The predicted octanol–water partition coefficient (Wildman–Crippen LogP) is 5.35. The molecule has 40 heavy (non-hydrogen) atoms. The topological polar surface area (TPSA) is 115 Å². The Morgan fingerprint density at radius 2 is 2.02 bits per heavy atom. The largest absolute Gasteiger partial charge is 0.493 e. The number of carboxylic acid groups (broad SMARTS) is 1. The molecule has 0 bridgehead atoms. The minimum atomic E-state index is -0.927. The molecule has 6 rings (SSSR count). The molecule has 9 heteroatoms.